The molecule has 158 valence electrons. The lowest BCUT2D eigenvalue weighted by molar-refractivity contribution is 0.289. The number of nitrogens with zero attached hydrogens (tertiary/aromatic N) is 1. The van der Waals surface area contributed by atoms with Gasteiger partial charge in [-0.05, 0) is 41.3 Å². The second kappa shape index (κ2) is 7.74. The van der Waals surface area contributed by atoms with Gasteiger partial charge in [0.25, 0.3) is 0 Å². The normalized spacial score (nSPS) is 14.1. The molecule has 0 amide bonds. The summed E-state index contributed by atoms with van der Waals surface area (Å²) in [7, 11) is -3.20. The number of benzene rings is 2. The Hall–Kier alpha value is -3.32. The summed E-state index contributed by atoms with van der Waals surface area (Å²) in [5.74, 6) is 0.656. The summed E-state index contributed by atoms with van der Waals surface area (Å²) in [6.07, 6.45) is 6.81. The fourth-order valence-corrected chi connectivity index (χ4v) is 5.20. The van der Waals surface area contributed by atoms with Crippen molar-refractivity contribution >= 4 is 20.6 Å². The highest BCUT2D eigenvalue weighted by atomic mass is 32.2. The topological polar surface area (TPSA) is 78.5 Å². The molecule has 1 aliphatic rings. The van der Waals surface area contributed by atoms with Crippen LogP contribution in [0.4, 0.5) is 0 Å². The van der Waals surface area contributed by atoms with Gasteiger partial charge in [-0.15, -0.1) is 0 Å². The molecule has 0 radical (unpaired) electrons. The van der Waals surface area contributed by atoms with E-state index in [-0.39, 0.29) is 23.0 Å². The van der Waals surface area contributed by atoms with Crippen molar-refractivity contribution in [2.45, 2.75) is 36.1 Å². The third kappa shape index (κ3) is 4.14. The van der Waals surface area contributed by atoms with Crippen LogP contribution in [0.3, 0.4) is 0 Å². The minimum absolute atomic E-state index is 0.121. The van der Waals surface area contributed by atoms with Gasteiger partial charge in [0, 0.05) is 18.5 Å². The molecule has 31 heavy (non-hydrogen) atoms. The van der Waals surface area contributed by atoms with E-state index in [0.717, 1.165) is 29.2 Å². The number of hydrogen-bond acceptors (Lipinski definition) is 5. The Balaban J connectivity index is 1.24. The zero-order chi connectivity index (χ0) is 21.4. The molecule has 0 bridgehead atoms. The van der Waals surface area contributed by atoms with Crippen LogP contribution < -0.4 is 10.2 Å². The summed E-state index contributed by atoms with van der Waals surface area (Å²) in [5, 5.41) is 2.02. The first-order valence-corrected chi connectivity index (χ1v) is 11.7. The van der Waals surface area contributed by atoms with E-state index in [1.165, 1.54) is 12.3 Å². The lowest BCUT2D eigenvalue weighted by Gasteiger charge is -2.08. The van der Waals surface area contributed by atoms with E-state index in [4.69, 9.17) is 9.15 Å². The van der Waals surface area contributed by atoms with Crippen molar-refractivity contribution in [3.05, 3.63) is 94.8 Å². The summed E-state index contributed by atoms with van der Waals surface area (Å²) < 4.78 is 37.7. The van der Waals surface area contributed by atoms with Gasteiger partial charge in [0.1, 0.15) is 18.6 Å². The molecule has 1 aliphatic carbocycles. The van der Waals surface area contributed by atoms with Gasteiger partial charge in [0.05, 0.1) is 16.7 Å². The average Bonchev–Trinajstić information content (AvgIpc) is 3.55. The molecule has 0 unspecified atom stereocenters. The molecular formula is C24H21NO5S. The number of sulfone groups is 1. The SMILES string of the molecule is O=c1cc(Cn2cc3ccccc3c2)occ1OCc1ccc(S(=O)(=O)C2CC2)cc1. The summed E-state index contributed by atoms with van der Waals surface area (Å²) in [6.45, 7) is 0.595. The highest BCUT2D eigenvalue weighted by Gasteiger charge is 2.36. The van der Waals surface area contributed by atoms with Crippen molar-refractivity contribution < 1.29 is 17.6 Å². The lowest BCUT2D eigenvalue weighted by Crippen LogP contribution is -2.10. The van der Waals surface area contributed by atoms with Crippen LogP contribution in [0.15, 0.2) is 87.4 Å². The molecule has 0 atom stereocenters. The van der Waals surface area contributed by atoms with Crippen LogP contribution in [0, 0.1) is 0 Å². The van der Waals surface area contributed by atoms with E-state index in [9.17, 15) is 13.2 Å². The van der Waals surface area contributed by atoms with Gasteiger partial charge >= 0.3 is 0 Å². The molecule has 2 aromatic heterocycles. The smallest absolute Gasteiger partial charge is 0.227 e. The first kappa shape index (κ1) is 19.6. The van der Waals surface area contributed by atoms with Crippen LogP contribution in [0.25, 0.3) is 10.8 Å². The van der Waals surface area contributed by atoms with Gasteiger partial charge in [-0.25, -0.2) is 8.42 Å². The summed E-state index contributed by atoms with van der Waals surface area (Å²) >= 11 is 0. The molecule has 1 saturated carbocycles. The standard InChI is InChI=1S/C24H21NO5S/c26-23-11-20(14-25-12-18-3-1-2-4-19(18)13-25)29-16-24(23)30-15-17-5-7-21(8-6-17)31(27,28)22-9-10-22/h1-8,11-13,16,22H,9-10,14-15H2. The minimum Gasteiger partial charge on any atom is -0.482 e. The summed E-state index contributed by atoms with van der Waals surface area (Å²) in [6, 6.07) is 16.1. The highest BCUT2D eigenvalue weighted by Crippen LogP contribution is 2.33. The van der Waals surface area contributed by atoms with Gasteiger partial charge in [-0.3, -0.25) is 4.79 Å². The van der Waals surface area contributed by atoms with Gasteiger partial charge in [-0.2, -0.15) is 0 Å². The Bertz CT molecular complexity index is 1360. The second-order valence-electron chi connectivity index (χ2n) is 7.81. The summed E-state index contributed by atoms with van der Waals surface area (Å²) in [4.78, 5) is 12.8. The van der Waals surface area contributed by atoms with Crippen LogP contribution in [0.5, 0.6) is 5.75 Å². The van der Waals surface area contributed by atoms with Gasteiger partial charge < -0.3 is 13.7 Å². The van der Waals surface area contributed by atoms with E-state index in [2.05, 4.69) is 0 Å². The first-order valence-electron chi connectivity index (χ1n) is 10.1. The van der Waals surface area contributed by atoms with Crippen LogP contribution in [0.2, 0.25) is 0 Å². The van der Waals surface area contributed by atoms with Crippen molar-refractivity contribution in [3.8, 4) is 5.75 Å². The monoisotopic (exact) mass is 435 g/mol. The van der Waals surface area contributed by atoms with Crippen LogP contribution in [-0.2, 0) is 23.0 Å². The predicted octanol–water partition coefficient (Wildman–Crippen LogP) is 4.16. The highest BCUT2D eigenvalue weighted by molar-refractivity contribution is 7.92. The summed E-state index contributed by atoms with van der Waals surface area (Å²) in [5.41, 5.74) is 0.517. The molecule has 0 N–H and O–H groups in total. The van der Waals surface area contributed by atoms with E-state index in [1.807, 2.05) is 41.2 Å². The van der Waals surface area contributed by atoms with E-state index < -0.39 is 9.84 Å². The molecule has 2 heterocycles. The predicted molar refractivity (Wildman–Crippen MR) is 117 cm³/mol. The van der Waals surface area contributed by atoms with Crippen LogP contribution in [-0.4, -0.2) is 18.2 Å². The third-order valence-electron chi connectivity index (χ3n) is 5.41. The maximum atomic E-state index is 12.4. The molecule has 6 nitrogen and oxygen atoms in total. The molecule has 7 heteroatoms. The molecule has 0 saturated heterocycles. The van der Waals surface area contributed by atoms with Crippen molar-refractivity contribution in [2.24, 2.45) is 0 Å². The van der Waals surface area contributed by atoms with Gasteiger partial charge in [-0.1, -0.05) is 36.4 Å². The number of fused-ring (bicyclic) bond motifs is 1. The Labute approximate surface area is 179 Å². The molecule has 4 aromatic rings. The molecular weight excluding hydrogens is 414 g/mol. The van der Waals surface area contributed by atoms with Crippen molar-refractivity contribution in [3.63, 3.8) is 0 Å². The maximum absolute atomic E-state index is 12.4. The zero-order valence-corrected chi connectivity index (χ0v) is 17.5. The number of hydrogen-bond donors (Lipinski definition) is 0. The molecule has 2 aromatic carbocycles. The zero-order valence-electron chi connectivity index (χ0n) is 16.7. The number of ether oxygens (including phenoxy) is 1. The minimum atomic E-state index is -3.20. The fraction of sp³-hybridized carbons (Fsp3) is 0.208. The first-order chi connectivity index (χ1) is 15.0. The van der Waals surface area contributed by atoms with Crippen LogP contribution >= 0.6 is 0 Å². The average molecular weight is 436 g/mol. The fourth-order valence-electron chi connectivity index (χ4n) is 3.55. The van der Waals surface area contributed by atoms with Gasteiger partial charge in [0.2, 0.25) is 11.2 Å². The molecule has 5 rings (SSSR count). The van der Waals surface area contributed by atoms with Crippen LogP contribution in [0.1, 0.15) is 24.2 Å². The lowest BCUT2D eigenvalue weighted by atomic mass is 10.2. The Morgan fingerprint density at radius 1 is 1.00 bits per heavy atom. The Morgan fingerprint density at radius 3 is 2.29 bits per heavy atom. The van der Waals surface area contributed by atoms with Crippen molar-refractivity contribution in [1.82, 2.24) is 4.57 Å². The van der Waals surface area contributed by atoms with Crippen molar-refractivity contribution in [2.75, 3.05) is 0 Å². The molecule has 0 spiro atoms. The molecule has 1 fully saturated rings. The van der Waals surface area contributed by atoms with Gasteiger partial charge in [0.15, 0.2) is 9.84 Å². The second-order valence-corrected chi connectivity index (χ2v) is 10.0. The third-order valence-corrected chi connectivity index (χ3v) is 7.68. The number of aromatic nitrogens is 1. The largest absolute Gasteiger partial charge is 0.482 e. The quantitative estimate of drug-likeness (QED) is 0.436. The number of rotatable bonds is 7. The Kier molecular flexibility index (Phi) is 4.90. The van der Waals surface area contributed by atoms with E-state index in [0.29, 0.717) is 17.2 Å². The van der Waals surface area contributed by atoms with Crippen molar-refractivity contribution in [1.29, 1.82) is 0 Å². The molecule has 0 aliphatic heterocycles. The maximum Gasteiger partial charge on any atom is 0.227 e. The Morgan fingerprint density at radius 2 is 1.68 bits per heavy atom. The van der Waals surface area contributed by atoms with E-state index in [1.54, 1.807) is 24.3 Å². The van der Waals surface area contributed by atoms with E-state index >= 15 is 0 Å².